The third-order valence-electron chi connectivity index (χ3n) is 4.01. The van der Waals surface area contributed by atoms with Crippen LogP contribution in [0.5, 0.6) is 0 Å². The Balaban J connectivity index is 2.28. The maximum atomic E-state index is 12.6. The summed E-state index contributed by atoms with van der Waals surface area (Å²) >= 11 is 5.83. The lowest BCUT2D eigenvalue weighted by Crippen LogP contribution is -2.46. The fourth-order valence-electron chi connectivity index (χ4n) is 2.52. The zero-order valence-corrected chi connectivity index (χ0v) is 15.7. The second kappa shape index (κ2) is 8.54. The Labute approximate surface area is 161 Å². The normalized spacial score (nSPS) is 12.9. The summed E-state index contributed by atoms with van der Waals surface area (Å²) in [4.78, 5) is 31.4. The number of ether oxygens (including phenoxy) is 1. The summed E-state index contributed by atoms with van der Waals surface area (Å²) in [6, 6.07) is 7.05. The highest BCUT2D eigenvalue weighted by Crippen LogP contribution is 2.18. The number of carbonyl (C=O) groups is 2. The van der Waals surface area contributed by atoms with Gasteiger partial charge in [-0.2, -0.15) is 0 Å². The van der Waals surface area contributed by atoms with Crippen molar-refractivity contribution in [3.05, 3.63) is 46.2 Å². The molecule has 1 aromatic carbocycles. The lowest BCUT2D eigenvalue weighted by atomic mass is 9.98. The molecule has 0 aliphatic heterocycles. The van der Waals surface area contributed by atoms with Crippen molar-refractivity contribution in [2.75, 3.05) is 11.5 Å². The molecule has 0 aliphatic rings. The molecule has 2 aromatic rings. The highest BCUT2D eigenvalue weighted by Gasteiger charge is 2.26. The zero-order chi connectivity index (χ0) is 20.1. The fraction of sp³-hybridized carbons (Fsp3) is 0.294. The summed E-state index contributed by atoms with van der Waals surface area (Å²) in [5.74, 6) is -0.861. The lowest BCUT2D eigenvalue weighted by molar-refractivity contribution is 0.0756. The van der Waals surface area contributed by atoms with Gasteiger partial charge in [0.05, 0.1) is 6.04 Å². The number of nitrogens with zero attached hydrogens (tertiary/aromatic N) is 2. The van der Waals surface area contributed by atoms with E-state index in [-0.39, 0.29) is 22.5 Å². The molecule has 27 heavy (non-hydrogen) atoms. The Morgan fingerprint density at radius 1 is 1.22 bits per heavy atom. The highest BCUT2D eigenvalue weighted by molar-refractivity contribution is 6.31. The van der Waals surface area contributed by atoms with Gasteiger partial charge in [-0.25, -0.2) is 14.8 Å². The number of anilines is 2. The van der Waals surface area contributed by atoms with Gasteiger partial charge in [-0.1, -0.05) is 35.9 Å². The van der Waals surface area contributed by atoms with E-state index in [0.717, 1.165) is 11.1 Å². The summed E-state index contributed by atoms with van der Waals surface area (Å²) in [6.07, 6.45) is -1.26. The van der Waals surface area contributed by atoms with Crippen molar-refractivity contribution in [3.63, 3.8) is 0 Å². The molecule has 0 bridgehead atoms. The van der Waals surface area contributed by atoms with Crippen molar-refractivity contribution in [2.24, 2.45) is 5.73 Å². The molecule has 1 heterocycles. The maximum absolute atomic E-state index is 12.6. The predicted molar refractivity (Wildman–Crippen MR) is 102 cm³/mol. The van der Waals surface area contributed by atoms with Gasteiger partial charge in [-0.05, 0) is 31.4 Å². The van der Waals surface area contributed by atoms with Crippen molar-refractivity contribution in [3.8, 4) is 0 Å². The average molecular weight is 393 g/mol. The second-order valence-electron chi connectivity index (χ2n) is 5.99. The van der Waals surface area contributed by atoms with Crippen LogP contribution in [0, 0.1) is 6.92 Å². The first kappa shape index (κ1) is 20.2. The number of rotatable bonds is 6. The molecule has 0 spiro atoms. The van der Waals surface area contributed by atoms with Crippen molar-refractivity contribution >= 4 is 35.2 Å². The minimum absolute atomic E-state index is 0.0763. The first-order chi connectivity index (χ1) is 12.7. The third kappa shape index (κ3) is 5.20. The summed E-state index contributed by atoms with van der Waals surface area (Å²) < 4.78 is 5.05. The SMILES string of the molecule is Cc1ccccc1CC(NC(=O)c1nc(Cl)c(N)nc1N)C(C)OC(N)=O. The van der Waals surface area contributed by atoms with Gasteiger partial charge in [0, 0.05) is 0 Å². The van der Waals surface area contributed by atoms with Gasteiger partial charge in [0.2, 0.25) is 0 Å². The molecule has 0 saturated heterocycles. The highest BCUT2D eigenvalue weighted by atomic mass is 35.5. The van der Waals surface area contributed by atoms with E-state index >= 15 is 0 Å². The largest absolute Gasteiger partial charge is 0.444 e. The summed E-state index contributed by atoms with van der Waals surface area (Å²) in [5, 5.41) is 2.61. The smallest absolute Gasteiger partial charge is 0.404 e. The molecule has 10 heteroatoms. The molecular weight excluding hydrogens is 372 g/mol. The number of nitrogen functional groups attached to an aromatic ring is 2. The van der Waals surface area contributed by atoms with Crippen LogP contribution in [-0.4, -0.2) is 34.1 Å². The van der Waals surface area contributed by atoms with Gasteiger partial charge in [-0.15, -0.1) is 0 Å². The van der Waals surface area contributed by atoms with Crippen LogP contribution in [-0.2, 0) is 11.2 Å². The van der Waals surface area contributed by atoms with E-state index in [4.69, 9.17) is 33.5 Å². The van der Waals surface area contributed by atoms with Gasteiger partial charge in [0.1, 0.15) is 6.10 Å². The zero-order valence-electron chi connectivity index (χ0n) is 14.9. The van der Waals surface area contributed by atoms with E-state index in [1.807, 2.05) is 31.2 Å². The molecule has 2 rings (SSSR count). The molecule has 144 valence electrons. The van der Waals surface area contributed by atoms with E-state index in [1.54, 1.807) is 6.92 Å². The summed E-state index contributed by atoms with van der Waals surface area (Å²) in [7, 11) is 0. The van der Waals surface area contributed by atoms with Crippen LogP contribution in [0.4, 0.5) is 16.4 Å². The number of hydrogen-bond donors (Lipinski definition) is 4. The molecule has 7 N–H and O–H groups in total. The van der Waals surface area contributed by atoms with Crippen LogP contribution in [0.25, 0.3) is 0 Å². The average Bonchev–Trinajstić information content (AvgIpc) is 2.58. The Morgan fingerprint density at radius 2 is 1.89 bits per heavy atom. The summed E-state index contributed by atoms with van der Waals surface area (Å²) in [5.41, 5.74) is 18.2. The van der Waals surface area contributed by atoms with Crippen molar-refractivity contribution < 1.29 is 14.3 Å². The quantitative estimate of drug-likeness (QED) is 0.578. The summed E-state index contributed by atoms with van der Waals surface area (Å²) in [6.45, 7) is 3.57. The molecule has 2 amide bonds. The van der Waals surface area contributed by atoms with E-state index in [9.17, 15) is 9.59 Å². The first-order valence-electron chi connectivity index (χ1n) is 8.09. The molecule has 2 atom stereocenters. The molecule has 0 radical (unpaired) electrons. The Kier molecular flexibility index (Phi) is 6.40. The molecule has 0 fully saturated rings. The molecule has 1 aromatic heterocycles. The third-order valence-corrected chi connectivity index (χ3v) is 4.28. The monoisotopic (exact) mass is 392 g/mol. The van der Waals surface area contributed by atoms with Gasteiger partial charge < -0.3 is 27.3 Å². The Bertz CT molecular complexity index is 861. The molecule has 0 aliphatic carbocycles. The van der Waals surface area contributed by atoms with Gasteiger partial charge in [0.15, 0.2) is 22.5 Å². The number of hydrogen-bond acceptors (Lipinski definition) is 7. The Hall–Kier alpha value is -3.07. The molecule has 9 nitrogen and oxygen atoms in total. The second-order valence-corrected chi connectivity index (χ2v) is 6.34. The van der Waals surface area contributed by atoms with Gasteiger partial charge in [-0.3, -0.25) is 4.79 Å². The van der Waals surface area contributed by atoms with Crippen LogP contribution < -0.4 is 22.5 Å². The number of nitrogens with two attached hydrogens (primary N) is 3. The van der Waals surface area contributed by atoms with Crippen LogP contribution >= 0.6 is 11.6 Å². The van der Waals surface area contributed by atoms with E-state index in [0.29, 0.717) is 6.42 Å². The van der Waals surface area contributed by atoms with Crippen LogP contribution in [0.3, 0.4) is 0 Å². The minimum Gasteiger partial charge on any atom is -0.444 e. The van der Waals surface area contributed by atoms with E-state index in [1.165, 1.54) is 0 Å². The number of carbonyl (C=O) groups excluding carboxylic acids is 2. The van der Waals surface area contributed by atoms with Crippen LogP contribution in [0.15, 0.2) is 24.3 Å². The number of nitrogens with one attached hydrogen (secondary N) is 1. The number of primary amides is 1. The van der Waals surface area contributed by atoms with Crippen molar-refractivity contribution in [1.82, 2.24) is 15.3 Å². The molecule has 0 saturated carbocycles. The maximum Gasteiger partial charge on any atom is 0.404 e. The number of aromatic nitrogens is 2. The van der Waals surface area contributed by atoms with Crippen molar-refractivity contribution in [2.45, 2.75) is 32.4 Å². The number of amides is 2. The van der Waals surface area contributed by atoms with Crippen LogP contribution in [0.1, 0.15) is 28.5 Å². The molecule has 2 unspecified atom stereocenters. The number of benzene rings is 1. The topological polar surface area (TPSA) is 159 Å². The van der Waals surface area contributed by atoms with Crippen molar-refractivity contribution in [1.29, 1.82) is 0 Å². The fourth-order valence-corrected chi connectivity index (χ4v) is 2.65. The van der Waals surface area contributed by atoms with Gasteiger partial charge in [0.25, 0.3) is 5.91 Å². The molecular formula is C17H21ClN6O3. The number of halogens is 1. The lowest BCUT2D eigenvalue weighted by Gasteiger charge is -2.25. The first-order valence-corrected chi connectivity index (χ1v) is 8.46. The van der Waals surface area contributed by atoms with E-state index < -0.39 is 24.1 Å². The van der Waals surface area contributed by atoms with Crippen LogP contribution in [0.2, 0.25) is 5.15 Å². The van der Waals surface area contributed by atoms with E-state index in [2.05, 4.69) is 15.3 Å². The standard InChI is InChI=1S/C17H21ClN6O3/c1-8-5-3-4-6-10(8)7-11(9(2)27-17(21)26)22-16(25)12-14(19)24-15(20)13(18)23-12/h3-6,9,11H,7H2,1-2H3,(H2,21,26)(H,22,25)(H4,19,20,24). The minimum atomic E-state index is -0.943. The van der Waals surface area contributed by atoms with Gasteiger partial charge >= 0.3 is 6.09 Å². The number of aryl methyl sites for hydroxylation is 1. The predicted octanol–water partition coefficient (Wildman–Crippen LogP) is 1.43. The Morgan fingerprint density at radius 3 is 2.52 bits per heavy atom.